The van der Waals surface area contributed by atoms with Gasteiger partial charge in [-0.25, -0.2) is 9.99 Å². The lowest BCUT2D eigenvalue weighted by Gasteiger charge is -2.23. The van der Waals surface area contributed by atoms with Crippen LogP contribution in [-0.4, -0.2) is 40.0 Å². The van der Waals surface area contributed by atoms with Crippen molar-refractivity contribution in [3.63, 3.8) is 0 Å². The molecule has 1 aliphatic rings. The lowest BCUT2D eigenvalue weighted by Crippen LogP contribution is -2.21. The molecule has 1 unspecified atom stereocenters. The molecule has 0 N–H and O–H groups in total. The SMILES string of the molecule is COc1ccc(C2CN=NN2c2cc(OC)c(OC)c(OC)c2)cn1. The van der Waals surface area contributed by atoms with Crippen LogP contribution in [0.25, 0.3) is 0 Å². The normalized spacial score (nSPS) is 16.0. The molecule has 1 atom stereocenters. The predicted molar refractivity (Wildman–Crippen MR) is 91.8 cm³/mol. The molecule has 0 saturated carbocycles. The molecule has 0 saturated heterocycles. The highest BCUT2D eigenvalue weighted by molar-refractivity contribution is 5.64. The molecule has 1 aromatic heterocycles. The van der Waals surface area contributed by atoms with Gasteiger partial charge in [-0.05, 0) is 11.6 Å². The molecule has 25 heavy (non-hydrogen) atoms. The monoisotopic (exact) mass is 344 g/mol. The summed E-state index contributed by atoms with van der Waals surface area (Å²) in [7, 11) is 6.32. The first-order valence-electron chi connectivity index (χ1n) is 7.68. The van der Waals surface area contributed by atoms with Crippen molar-refractivity contribution in [2.45, 2.75) is 6.04 Å². The lowest BCUT2D eigenvalue weighted by atomic mass is 10.1. The third-order valence-electron chi connectivity index (χ3n) is 3.98. The Hall–Kier alpha value is -3.03. The molecule has 0 fully saturated rings. The van der Waals surface area contributed by atoms with Gasteiger partial charge in [-0.3, -0.25) is 0 Å². The number of methoxy groups -OCH3 is 4. The van der Waals surface area contributed by atoms with Crippen molar-refractivity contribution >= 4 is 5.69 Å². The van der Waals surface area contributed by atoms with E-state index in [1.54, 1.807) is 34.6 Å². The Morgan fingerprint density at radius 3 is 2.20 bits per heavy atom. The van der Waals surface area contributed by atoms with E-state index in [1.807, 2.05) is 29.3 Å². The van der Waals surface area contributed by atoms with Crippen LogP contribution in [0.3, 0.4) is 0 Å². The number of anilines is 1. The molecule has 8 heteroatoms. The molecular formula is C17H20N4O4. The Labute approximate surface area is 146 Å². The maximum atomic E-state index is 5.42. The lowest BCUT2D eigenvalue weighted by molar-refractivity contribution is 0.324. The van der Waals surface area contributed by atoms with E-state index < -0.39 is 0 Å². The molecular weight excluding hydrogens is 324 g/mol. The molecule has 3 rings (SSSR count). The molecule has 132 valence electrons. The fourth-order valence-electron chi connectivity index (χ4n) is 2.71. The van der Waals surface area contributed by atoms with Crippen LogP contribution in [0.5, 0.6) is 23.1 Å². The van der Waals surface area contributed by atoms with Crippen molar-refractivity contribution in [3.8, 4) is 23.1 Å². The standard InChI is InChI=1S/C17H20N4O4/c1-22-14-7-12(8-15(23-2)17(14)25-4)21-13(10-19-20-21)11-5-6-16(24-3)18-9-11/h5-9,13H,10H2,1-4H3. The Kier molecular flexibility index (Phi) is 4.87. The Bertz CT molecular complexity index is 739. The zero-order valence-corrected chi connectivity index (χ0v) is 14.6. The van der Waals surface area contributed by atoms with E-state index in [2.05, 4.69) is 15.3 Å². The summed E-state index contributed by atoms with van der Waals surface area (Å²) in [5, 5.41) is 10.2. The van der Waals surface area contributed by atoms with Gasteiger partial charge >= 0.3 is 0 Å². The quantitative estimate of drug-likeness (QED) is 0.801. The van der Waals surface area contributed by atoms with Crippen LogP contribution in [0.2, 0.25) is 0 Å². The second-order valence-corrected chi connectivity index (χ2v) is 5.29. The molecule has 1 aliphatic heterocycles. The van der Waals surface area contributed by atoms with Gasteiger partial charge in [0.1, 0.15) is 6.04 Å². The highest BCUT2D eigenvalue weighted by Gasteiger charge is 2.28. The van der Waals surface area contributed by atoms with Gasteiger partial charge in [0.15, 0.2) is 11.5 Å². The molecule has 0 amide bonds. The molecule has 0 radical (unpaired) electrons. The van der Waals surface area contributed by atoms with E-state index in [9.17, 15) is 0 Å². The van der Waals surface area contributed by atoms with Crippen LogP contribution in [0.15, 0.2) is 40.8 Å². The summed E-state index contributed by atoms with van der Waals surface area (Å²) in [6.07, 6.45) is 1.77. The smallest absolute Gasteiger partial charge is 0.212 e. The van der Waals surface area contributed by atoms with Gasteiger partial charge < -0.3 is 18.9 Å². The van der Waals surface area contributed by atoms with E-state index >= 15 is 0 Å². The number of benzene rings is 1. The zero-order chi connectivity index (χ0) is 17.8. The second kappa shape index (κ2) is 7.25. The molecule has 8 nitrogen and oxygen atoms in total. The highest BCUT2D eigenvalue weighted by atomic mass is 16.5. The number of rotatable bonds is 6. The largest absolute Gasteiger partial charge is 0.493 e. The summed E-state index contributed by atoms with van der Waals surface area (Å²) in [6.45, 7) is 0.532. The minimum atomic E-state index is -0.0683. The number of ether oxygens (including phenoxy) is 4. The van der Waals surface area contributed by atoms with E-state index in [4.69, 9.17) is 18.9 Å². The first kappa shape index (κ1) is 16.8. The summed E-state index contributed by atoms with van der Waals surface area (Å²) >= 11 is 0. The molecule has 0 aliphatic carbocycles. The maximum absolute atomic E-state index is 5.42. The molecule has 2 aromatic rings. The van der Waals surface area contributed by atoms with Crippen molar-refractivity contribution in [1.29, 1.82) is 0 Å². The Balaban J connectivity index is 1.97. The van der Waals surface area contributed by atoms with Crippen molar-refractivity contribution in [2.24, 2.45) is 10.3 Å². The second-order valence-electron chi connectivity index (χ2n) is 5.29. The first-order valence-corrected chi connectivity index (χ1v) is 7.68. The van der Waals surface area contributed by atoms with Gasteiger partial charge in [-0.15, -0.1) is 0 Å². The highest BCUT2D eigenvalue weighted by Crippen LogP contribution is 2.43. The van der Waals surface area contributed by atoms with Gasteiger partial charge in [0.05, 0.1) is 40.7 Å². The summed E-state index contributed by atoms with van der Waals surface area (Å²) in [6, 6.07) is 7.39. The fourth-order valence-corrected chi connectivity index (χ4v) is 2.71. The zero-order valence-electron chi connectivity index (χ0n) is 14.6. The van der Waals surface area contributed by atoms with Gasteiger partial charge in [-0.1, -0.05) is 5.22 Å². The summed E-state index contributed by atoms with van der Waals surface area (Å²) < 4.78 is 21.3. The van der Waals surface area contributed by atoms with Crippen molar-refractivity contribution in [1.82, 2.24) is 4.98 Å². The average molecular weight is 344 g/mol. The minimum Gasteiger partial charge on any atom is -0.493 e. The molecule has 1 aromatic carbocycles. The minimum absolute atomic E-state index is 0.0683. The average Bonchev–Trinajstić information content (AvgIpc) is 3.16. The topological polar surface area (TPSA) is 77.8 Å². The number of aromatic nitrogens is 1. The van der Waals surface area contributed by atoms with E-state index in [0.717, 1.165) is 11.3 Å². The fraction of sp³-hybridized carbons (Fsp3) is 0.353. The predicted octanol–water partition coefficient (Wildman–Crippen LogP) is 3.04. The van der Waals surface area contributed by atoms with Gasteiger partial charge in [0.25, 0.3) is 0 Å². The number of pyridine rings is 1. The maximum Gasteiger partial charge on any atom is 0.212 e. The van der Waals surface area contributed by atoms with Crippen LogP contribution in [0.1, 0.15) is 11.6 Å². The number of hydrogen-bond acceptors (Lipinski definition) is 8. The van der Waals surface area contributed by atoms with Crippen LogP contribution in [0, 0.1) is 0 Å². The van der Waals surface area contributed by atoms with Crippen molar-refractivity contribution in [3.05, 3.63) is 36.0 Å². The van der Waals surface area contributed by atoms with Crippen molar-refractivity contribution < 1.29 is 18.9 Å². The van der Waals surface area contributed by atoms with E-state index in [-0.39, 0.29) is 6.04 Å². The first-order chi connectivity index (χ1) is 12.2. The van der Waals surface area contributed by atoms with Gasteiger partial charge in [0, 0.05) is 24.4 Å². The van der Waals surface area contributed by atoms with Gasteiger partial charge in [0.2, 0.25) is 11.6 Å². The Morgan fingerprint density at radius 1 is 0.960 bits per heavy atom. The number of nitrogens with zero attached hydrogens (tertiary/aromatic N) is 4. The number of hydrogen-bond donors (Lipinski definition) is 0. The van der Waals surface area contributed by atoms with Crippen LogP contribution >= 0.6 is 0 Å². The van der Waals surface area contributed by atoms with Crippen LogP contribution < -0.4 is 24.0 Å². The summed E-state index contributed by atoms with van der Waals surface area (Å²) in [4.78, 5) is 4.26. The van der Waals surface area contributed by atoms with Gasteiger partial charge in [-0.2, -0.15) is 5.11 Å². The Morgan fingerprint density at radius 2 is 1.68 bits per heavy atom. The van der Waals surface area contributed by atoms with Crippen molar-refractivity contribution in [2.75, 3.05) is 40.0 Å². The summed E-state index contributed by atoms with van der Waals surface area (Å²) in [5.41, 5.74) is 1.77. The molecule has 0 bridgehead atoms. The molecule has 0 spiro atoms. The van der Waals surface area contributed by atoms with E-state index in [1.165, 1.54) is 0 Å². The van der Waals surface area contributed by atoms with Crippen LogP contribution in [0.4, 0.5) is 5.69 Å². The van der Waals surface area contributed by atoms with Crippen LogP contribution in [-0.2, 0) is 0 Å². The molecule has 2 heterocycles. The third-order valence-corrected chi connectivity index (χ3v) is 3.98. The third kappa shape index (κ3) is 3.15. The van der Waals surface area contributed by atoms with E-state index in [0.29, 0.717) is 29.7 Å². The summed E-state index contributed by atoms with van der Waals surface area (Å²) in [5.74, 6) is 2.22.